The molecule has 7 heteroatoms. The fourth-order valence-corrected chi connectivity index (χ4v) is 2.56. The minimum absolute atomic E-state index is 0.0781. The van der Waals surface area contributed by atoms with Gasteiger partial charge in [0.15, 0.2) is 6.79 Å². The zero-order chi connectivity index (χ0) is 13.8. The van der Waals surface area contributed by atoms with E-state index in [0.29, 0.717) is 5.75 Å². The van der Waals surface area contributed by atoms with Crippen molar-refractivity contribution in [2.45, 2.75) is 13.3 Å². The Kier molecular flexibility index (Phi) is 5.58. The maximum absolute atomic E-state index is 10.8. The Morgan fingerprint density at radius 3 is 2.61 bits per heavy atom. The summed E-state index contributed by atoms with van der Waals surface area (Å²) >= 11 is 3.34. The molecule has 1 aromatic carbocycles. The summed E-state index contributed by atoms with van der Waals surface area (Å²) in [7, 11) is -2.48. The van der Waals surface area contributed by atoms with Gasteiger partial charge in [-0.15, -0.1) is 0 Å². The number of hydrogen-bond acceptors (Lipinski definition) is 4. The topological polar surface area (TPSA) is 72.8 Å². The Morgan fingerprint density at radius 2 is 2.06 bits per heavy atom. The van der Waals surface area contributed by atoms with E-state index in [1.165, 1.54) is 7.11 Å². The number of methoxy groups -OCH3 is 1. The first-order valence-electron chi connectivity index (χ1n) is 5.19. The van der Waals surface area contributed by atoms with Gasteiger partial charge in [0, 0.05) is 11.6 Å². The molecule has 0 spiro atoms. The van der Waals surface area contributed by atoms with Gasteiger partial charge in [-0.25, -0.2) is 0 Å². The second kappa shape index (κ2) is 6.51. The summed E-state index contributed by atoms with van der Waals surface area (Å²) in [5, 5.41) is 0. The van der Waals surface area contributed by atoms with E-state index in [9.17, 15) is 8.42 Å². The highest BCUT2D eigenvalue weighted by Crippen LogP contribution is 2.28. The summed E-state index contributed by atoms with van der Waals surface area (Å²) in [6.07, 6.45) is 0.191. The molecule has 18 heavy (non-hydrogen) atoms. The number of rotatable bonds is 6. The third-order valence-electron chi connectivity index (χ3n) is 2.34. The number of hydrogen-bond donors (Lipinski definition) is 1. The van der Waals surface area contributed by atoms with E-state index in [1.807, 2.05) is 13.0 Å². The third kappa shape index (κ3) is 4.93. The predicted molar refractivity (Wildman–Crippen MR) is 71.5 cm³/mol. The molecular weight excluding hydrogens is 324 g/mol. The maximum atomic E-state index is 10.8. The monoisotopic (exact) mass is 338 g/mol. The summed E-state index contributed by atoms with van der Waals surface area (Å²) < 4.78 is 41.4. The van der Waals surface area contributed by atoms with Crippen molar-refractivity contribution in [3.05, 3.63) is 27.7 Å². The molecule has 0 amide bonds. The van der Waals surface area contributed by atoms with Crippen LogP contribution >= 0.6 is 15.9 Å². The van der Waals surface area contributed by atoms with Gasteiger partial charge in [-0.2, -0.15) is 8.42 Å². The SMILES string of the molecule is COCOc1cc(Br)cc(C)c1CCS(=O)(=O)O. The molecule has 0 radical (unpaired) electrons. The van der Waals surface area contributed by atoms with Crippen molar-refractivity contribution in [2.24, 2.45) is 0 Å². The molecule has 0 aliphatic carbocycles. The van der Waals surface area contributed by atoms with Crippen molar-refractivity contribution in [3.8, 4) is 5.75 Å². The highest BCUT2D eigenvalue weighted by molar-refractivity contribution is 9.10. The minimum atomic E-state index is -3.98. The van der Waals surface area contributed by atoms with Crippen molar-refractivity contribution in [3.63, 3.8) is 0 Å². The second-order valence-corrected chi connectivity index (χ2v) is 6.27. The molecule has 0 atom stereocenters. The van der Waals surface area contributed by atoms with Crippen LogP contribution in [0.4, 0.5) is 0 Å². The fraction of sp³-hybridized carbons (Fsp3) is 0.455. The average molecular weight is 339 g/mol. The maximum Gasteiger partial charge on any atom is 0.265 e. The van der Waals surface area contributed by atoms with E-state index in [1.54, 1.807) is 6.07 Å². The lowest BCUT2D eigenvalue weighted by molar-refractivity contribution is 0.0504. The lowest BCUT2D eigenvalue weighted by atomic mass is 10.1. The molecular formula is C11H15BrO5S. The van der Waals surface area contributed by atoms with Gasteiger partial charge in [0.2, 0.25) is 0 Å². The molecule has 0 heterocycles. The van der Waals surface area contributed by atoms with Crippen molar-refractivity contribution < 1.29 is 22.4 Å². The number of benzene rings is 1. The van der Waals surface area contributed by atoms with Gasteiger partial charge in [-0.1, -0.05) is 15.9 Å². The number of halogens is 1. The van der Waals surface area contributed by atoms with Gasteiger partial charge in [-0.05, 0) is 36.6 Å². The predicted octanol–water partition coefficient (Wildman–Crippen LogP) is 2.17. The fourth-order valence-electron chi connectivity index (χ4n) is 1.54. The van der Waals surface area contributed by atoms with Crippen LogP contribution < -0.4 is 4.74 Å². The van der Waals surface area contributed by atoms with E-state index >= 15 is 0 Å². The first-order chi connectivity index (χ1) is 8.33. The molecule has 0 saturated carbocycles. The third-order valence-corrected chi connectivity index (χ3v) is 3.52. The van der Waals surface area contributed by atoms with Crippen LogP contribution in [0.2, 0.25) is 0 Å². The number of ether oxygens (including phenoxy) is 2. The standard InChI is InChI=1S/C11H15BrO5S/c1-8-5-9(12)6-11(17-7-16-2)10(8)3-4-18(13,14)15/h5-6H,3-4,7H2,1-2H3,(H,13,14,15). The summed E-state index contributed by atoms with van der Waals surface area (Å²) in [6.45, 7) is 1.93. The summed E-state index contributed by atoms with van der Waals surface area (Å²) in [6, 6.07) is 3.60. The van der Waals surface area contributed by atoms with Crippen molar-refractivity contribution in [1.29, 1.82) is 0 Å². The van der Waals surface area contributed by atoms with E-state index < -0.39 is 10.1 Å². The van der Waals surface area contributed by atoms with Crippen LogP contribution in [-0.2, 0) is 21.3 Å². The molecule has 0 fully saturated rings. The summed E-state index contributed by atoms with van der Waals surface area (Å²) in [4.78, 5) is 0. The molecule has 5 nitrogen and oxygen atoms in total. The van der Waals surface area contributed by atoms with Crippen LogP contribution in [0.1, 0.15) is 11.1 Å². The van der Waals surface area contributed by atoms with E-state index in [-0.39, 0.29) is 19.0 Å². The van der Waals surface area contributed by atoms with Gasteiger partial charge in [-0.3, -0.25) is 4.55 Å². The Morgan fingerprint density at radius 1 is 1.39 bits per heavy atom. The van der Waals surface area contributed by atoms with E-state index in [4.69, 9.17) is 14.0 Å². The average Bonchev–Trinajstić information content (AvgIpc) is 2.23. The molecule has 1 N–H and O–H groups in total. The molecule has 0 aromatic heterocycles. The van der Waals surface area contributed by atoms with Gasteiger partial charge in [0.05, 0.1) is 5.75 Å². The van der Waals surface area contributed by atoms with Crippen LogP contribution in [0.5, 0.6) is 5.75 Å². The molecule has 0 aliphatic rings. The minimum Gasteiger partial charge on any atom is -0.467 e. The van der Waals surface area contributed by atoms with Crippen LogP contribution in [0, 0.1) is 6.92 Å². The van der Waals surface area contributed by atoms with E-state index in [2.05, 4.69) is 15.9 Å². The molecule has 1 aromatic rings. The van der Waals surface area contributed by atoms with Crippen molar-refractivity contribution >= 4 is 26.0 Å². The zero-order valence-corrected chi connectivity index (χ0v) is 12.5. The molecule has 0 saturated heterocycles. The Balaban J connectivity index is 2.99. The number of aryl methyl sites for hydroxylation is 1. The molecule has 102 valence electrons. The second-order valence-electron chi connectivity index (χ2n) is 3.79. The zero-order valence-electron chi connectivity index (χ0n) is 10.1. The largest absolute Gasteiger partial charge is 0.467 e. The van der Waals surface area contributed by atoms with Crippen LogP contribution in [-0.4, -0.2) is 32.6 Å². The quantitative estimate of drug-likeness (QED) is 0.635. The molecule has 1 rings (SSSR count). The lowest BCUT2D eigenvalue weighted by Gasteiger charge is -2.13. The Labute approximate surface area is 115 Å². The van der Waals surface area contributed by atoms with Crippen molar-refractivity contribution in [2.75, 3.05) is 19.7 Å². The first-order valence-corrected chi connectivity index (χ1v) is 7.59. The Bertz CT molecular complexity index is 512. The highest BCUT2D eigenvalue weighted by atomic mass is 79.9. The highest BCUT2D eigenvalue weighted by Gasteiger charge is 2.13. The van der Waals surface area contributed by atoms with Gasteiger partial charge in [0.1, 0.15) is 5.75 Å². The molecule has 0 unspecified atom stereocenters. The van der Waals surface area contributed by atoms with Crippen LogP contribution in [0.25, 0.3) is 0 Å². The lowest BCUT2D eigenvalue weighted by Crippen LogP contribution is -2.10. The summed E-state index contributed by atoms with van der Waals surface area (Å²) in [5.74, 6) is 0.214. The molecule has 0 aliphatic heterocycles. The van der Waals surface area contributed by atoms with Crippen molar-refractivity contribution in [1.82, 2.24) is 0 Å². The van der Waals surface area contributed by atoms with Crippen LogP contribution in [0.3, 0.4) is 0 Å². The normalized spacial score (nSPS) is 11.6. The van der Waals surface area contributed by atoms with Gasteiger partial charge < -0.3 is 9.47 Å². The molecule has 0 bridgehead atoms. The van der Waals surface area contributed by atoms with E-state index in [0.717, 1.165) is 15.6 Å². The summed E-state index contributed by atoms with van der Waals surface area (Å²) in [5.41, 5.74) is 1.63. The smallest absolute Gasteiger partial charge is 0.265 e. The van der Waals surface area contributed by atoms with Crippen LogP contribution in [0.15, 0.2) is 16.6 Å². The first kappa shape index (κ1) is 15.4. The Hall–Kier alpha value is -0.630. The van der Waals surface area contributed by atoms with Gasteiger partial charge >= 0.3 is 0 Å². The van der Waals surface area contributed by atoms with Gasteiger partial charge in [0.25, 0.3) is 10.1 Å².